The van der Waals surface area contributed by atoms with Crippen LogP contribution in [0.4, 0.5) is 14.6 Å². The van der Waals surface area contributed by atoms with E-state index in [-0.39, 0.29) is 5.82 Å². The third-order valence-corrected chi connectivity index (χ3v) is 8.31. The molecule has 35 heavy (non-hydrogen) atoms. The number of nitrogens with zero attached hydrogens (tertiary/aromatic N) is 2. The van der Waals surface area contributed by atoms with Crippen LogP contribution in [0.25, 0.3) is 0 Å². The molecule has 2 saturated heterocycles. The van der Waals surface area contributed by atoms with Crippen LogP contribution in [0.5, 0.6) is 0 Å². The molecule has 0 unspecified atom stereocenters. The quantitative estimate of drug-likeness (QED) is 0.492. The zero-order chi connectivity index (χ0) is 24.5. The number of piperidine rings is 1. The van der Waals surface area contributed by atoms with E-state index in [2.05, 4.69) is 27.1 Å². The normalized spacial score (nSPS) is 20.0. The summed E-state index contributed by atoms with van der Waals surface area (Å²) in [6, 6.07) is 8.50. The fraction of sp³-hybridized carbons (Fsp3) is 0.593. The second kappa shape index (κ2) is 13.0. The molecule has 1 saturated carbocycles. The van der Waals surface area contributed by atoms with Crippen molar-refractivity contribution in [3.05, 3.63) is 53.7 Å². The number of anilines is 1. The largest absolute Gasteiger partial charge is 0.381 e. The highest BCUT2D eigenvalue weighted by molar-refractivity contribution is 7.97. The van der Waals surface area contributed by atoms with Gasteiger partial charge in [-0.15, -0.1) is 0 Å². The zero-order valence-electron chi connectivity index (χ0n) is 20.7. The van der Waals surface area contributed by atoms with Crippen LogP contribution >= 0.6 is 11.9 Å². The van der Waals surface area contributed by atoms with Crippen molar-refractivity contribution in [3.63, 3.8) is 0 Å². The number of rotatable bonds is 6. The molecule has 1 aromatic heterocycles. The first-order valence-electron chi connectivity index (χ1n) is 12.9. The highest BCUT2D eigenvalue weighted by Crippen LogP contribution is 2.39. The fourth-order valence-electron chi connectivity index (χ4n) is 5.11. The summed E-state index contributed by atoms with van der Waals surface area (Å²) in [6.07, 6.45) is 12.5. The van der Waals surface area contributed by atoms with E-state index in [1.165, 1.54) is 62.3 Å². The molecule has 8 heteroatoms. The van der Waals surface area contributed by atoms with Gasteiger partial charge in [-0.3, -0.25) is 4.72 Å². The molecule has 0 radical (unpaired) electrons. The van der Waals surface area contributed by atoms with Crippen LogP contribution in [0.3, 0.4) is 0 Å². The topological polar surface area (TPSA) is 49.4 Å². The second-order valence-electron chi connectivity index (χ2n) is 9.96. The number of aromatic nitrogens is 1. The molecule has 1 aromatic carbocycles. The van der Waals surface area contributed by atoms with Crippen LogP contribution in [0.15, 0.2) is 41.4 Å². The van der Waals surface area contributed by atoms with Crippen LogP contribution in [0, 0.1) is 17.0 Å². The molecule has 2 aromatic rings. The third kappa shape index (κ3) is 7.62. The van der Waals surface area contributed by atoms with E-state index in [0.717, 1.165) is 44.3 Å². The Morgan fingerprint density at radius 3 is 2.54 bits per heavy atom. The highest BCUT2D eigenvalue weighted by atomic mass is 32.2. The Balaban J connectivity index is 0.000000221. The Kier molecular flexibility index (Phi) is 9.77. The first kappa shape index (κ1) is 26.3. The van der Waals surface area contributed by atoms with Crippen molar-refractivity contribution >= 4 is 17.8 Å². The third-order valence-electron chi connectivity index (χ3n) is 7.38. The lowest BCUT2D eigenvalue weighted by Gasteiger charge is -2.38. The Morgan fingerprint density at radius 2 is 1.89 bits per heavy atom. The van der Waals surface area contributed by atoms with Gasteiger partial charge in [-0.25, -0.2) is 13.8 Å². The van der Waals surface area contributed by atoms with Gasteiger partial charge in [0.2, 0.25) is 0 Å². The fourth-order valence-corrected chi connectivity index (χ4v) is 5.89. The zero-order valence-corrected chi connectivity index (χ0v) is 21.5. The molecule has 1 spiro atoms. The number of benzene rings is 1. The maximum Gasteiger partial charge on any atom is 0.128 e. The summed E-state index contributed by atoms with van der Waals surface area (Å²) < 4.78 is 34.5. The van der Waals surface area contributed by atoms with Crippen molar-refractivity contribution in [2.24, 2.45) is 5.41 Å². The average Bonchev–Trinajstić information content (AvgIpc) is 3.35. The first-order valence-corrected chi connectivity index (χ1v) is 13.7. The summed E-state index contributed by atoms with van der Waals surface area (Å²) in [5.74, 6) is 0.350. The van der Waals surface area contributed by atoms with Crippen LogP contribution in [0.2, 0.25) is 0 Å². The van der Waals surface area contributed by atoms with Crippen molar-refractivity contribution in [2.45, 2.75) is 68.8 Å². The van der Waals surface area contributed by atoms with E-state index >= 15 is 0 Å². The summed E-state index contributed by atoms with van der Waals surface area (Å²) in [4.78, 5) is 8.38. The van der Waals surface area contributed by atoms with Crippen LogP contribution in [-0.4, -0.2) is 44.4 Å². The van der Waals surface area contributed by atoms with Gasteiger partial charge in [-0.05, 0) is 86.8 Å². The van der Waals surface area contributed by atoms with Crippen LogP contribution < -0.4 is 14.9 Å². The SMILES string of the molecule is CNCc1cc(F)ccc1F.c1cc(N2CCC3(CCOC3)CC2)ncc1SNC1CCCCC1. The number of halogens is 2. The monoisotopic (exact) mass is 504 g/mol. The lowest BCUT2D eigenvalue weighted by Crippen LogP contribution is -2.40. The smallest absolute Gasteiger partial charge is 0.128 e. The molecule has 3 heterocycles. The van der Waals surface area contributed by atoms with E-state index in [9.17, 15) is 8.78 Å². The number of nitrogens with one attached hydrogen (secondary N) is 2. The van der Waals surface area contributed by atoms with Gasteiger partial charge in [0.15, 0.2) is 0 Å². The molecular weight excluding hydrogens is 466 g/mol. The lowest BCUT2D eigenvalue weighted by atomic mass is 9.78. The maximum atomic E-state index is 12.7. The Hall–Kier alpha value is -1.74. The number of pyridine rings is 1. The summed E-state index contributed by atoms with van der Waals surface area (Å²) in [6.45, 7) is 4.50. The predicted molar refractivity (Wildman–Crippen MR) is 139 cm³/mol. The molecule has 2 aliphatic heterocycles. The summed E-state index contributed by atoms with van der Waals surface area (Å²) >= 11 is 1.75. The van der Waals surface area contributed by atoms with E-state index in [1.807, 2.05) is 6.20 Å². The van der Waals surface area contributed by atoms with Gasteiger partial charge in [0.25, 0.3) is 0 Å². The maximum absolute atomic E-state index is 12.7. The average molecular weight is 505 g/mol. The lowest BCUT2D eigenvalue weighted by molar-refractivity contribution is 0.133. The molecule has 0 bridgehead atoms. The summed E-state index contributed by atoms with van der Waals surface area (Å²) in [5, 5.41) is 2.75. The van der Waals surface area contributed by atoms with Gasteiger partial charge in [0.05, 0.1) is 6.61 Å². The van der Waals surface area contributed by atoms with Crippen LogP contribution in [-0.2, 0) is 11.3 Å². The molecule has 0 amide bonds. The molecule has 192 valence electrons. The van der Waals surface area contributed by atoms with Gasteiger partial charge in [-0.2, -0.15) is 0 Å². The van der Waals surface area contributed by atoms with E-state index in [4.69, 9.17) is 9.72 Å². The van der Waals surface area contributed by atoms with Crippen LogP contribution in [0.1, 0.15) is 56.9 Å². The van der Waals surface area contributed by atoms with Crippen molar-refractivity contribution in [2.75, 3.05) is 38.3 Å². The Morgan fingerprint density at radius 1 is 1.09 bits per heavy atom. The standard InChI is InChI=1S/C19H29N3OS.C8H9F2N/c1-2-4-16(5-3-1)21-24-17-6-7-18(20-14-17)22-11-8-19(9-12-22)10-13-23-15-19;1-11-5-6-4-7(9)2-3-8(6)10/h6-7,14,16,21H,1-5,8-13,15H2;2-4,11H,5H2,1H3. The molecule has 3 aliphatic rings. The molecule has 5 nitrogen and oxygen atoms in total. The van der Waals surface area contributed by atoms with Crippen molar-refractivity contribution in [1.29, 1.82) is 0 Å². The first-order chi connectivity index (χ1) is 17.1. The minimum atomic E-state index is -0.406. The molecule has 5 rings (SSSR count). The van der Waals surface area contributed by atoms with Gasteiger partial charge in [0.1, 0.15) is 17.5 Å². The van der Waals surface area contributed by atoms with E-state index in [1.54, 1.807) is 19.0 Å². The van der Waals surface area contributed by atoms with Crippen molar-refractivity contribution < 1.29 is 13.5 Å². The van der Waals surface area contributed by atoms with Gasteiger partial charge in [0, 0.05) is 48.9 Å². The van der Waals surface area contributed by atoms with Crippen molar-refractivity contribution in [3.8, 4) is 0 Å². The number of ether oxygens (including phenoxy) is 1. The molecule has 1 aliphatic carbocycles. The van der Waals surface area contributed by atoms with Crippen molar-refractivity contribution in [1.82, 2.24) is 15.0 Å². The number of hydrogen-bond acceptors (Lipinski definition) is 6. The highest BCUT2D eigenvalue weighted by Gasteiger charge is 2.38. The van der Waals surface area contributed by atoms with Gasteiger partial charge in [-0.1, -0.05) is 19.3 Å². The minimum absolute atomic E-state index is 0.351. The Bertz CT molecular complexity index is 908. The Labute approximate surface area is 212 Å². The minimum Gasteiger partial charge on any atom is -0.381 e. The molecule has 3 fully saturated rings. The molecular formula is C27H38F2N4OS. The van der Waals surface area contributed by atoms with Gasteiger partial charge >= 0.3 is 0 Å². The summed E-state index contributed by atoms with van der Waals surface area (Å²) in [7, 11) is 1.68. The summed E-state index contributed by atoms with van der Waals surface area (Å²) in [5.41, 5.74) is 0.823. The van der Waals surface area contributed by atoms with E-state index in [0.29, 0.717) is 23.6 Å². The number of hydrogen-bond donors (Lipinski definition) is 2. The van der Waals surface area contributed by atoms with Gasteiger partial charge < -0.3 is 15.0 Å². The predicted octanol–water partition coefficient (Wildman–Crippen LogP) is 5.70. The molecule has 0 atom stereocenters. The van der Waals surface area contributed by atoms with E-state index < -0.39 is 5.82 Å². The molecule has 2 N–H and O–H groups in total. The second-order valence-corrected chi connectivity index (χ2v) is 10.9.